The molecule has 0 fully saturated rings. The van der Waals surface area contributed by atoms with Gasteiger partial charge < -0.3 is 9.47 Å². The number of allylic oxidation sites excluding steroid dienone is 1. The molecule has 0 unspecified atom stereocenters. The lowest BCUT2D eigenvalue weighted by Crippen LogP contribution is -2.03. The van der Waals surface area contributed by atoms with Gasteiger partial charge in [0.1, 0.15) is 0 Å². The first-order valence-corrected chi connectivity index (χ1v) is 8.09. The molecule has 0 atom stereocenters. The Hall–Kier alpha value is -3.58. The van der Waals surface area contributed by atoms with Gasteiger partial charge in [0, 0.05) is 12.5 Å². The molecule has 4 nitrogen and oxygen atoms in total. The summed E-state index contributed by atoms with van der Waals surface area (Å²) in [6.45, 7) is 1.33. The Bertz CT molecular complexity index is 1040. The molecule has 0 aliphatic heterocycles. The van der Waals surface area contributed by atoms with Gasteiger partial charge in [0.05, 0.1) is 18.8 Å². The second-order valence-electron chi connectivity index (χ2n) is 5.70. The minimum Gasteiger partial charge on any atom is -0.493 e. The van der Waals surface area contributed by atoms with Gasteiger partial charge in [-0.05, 0) is 34.5 Å². The summed E-state index contributed by atoms with van der Waals surface area (Å²) in [6.07, 6.45) is 1.79. The Morgan fingerprint density at radius 3 is 2.54 bits per heavy atom. The summed E-state index contributed by atoms with van der Waals surface area (Å²) in [7, 11) is 1.51. The second kappa shape index (κ2) is 7.54. The van der Waals surface area contributed by atoms with Crippen LogP contribution in [0.1, 0.15) is 18.1 Å². The highest BCUT2D eigenvalue weighted by molar-refractivity contribution is 6.01. The van der Waals surface area contributed by atoms with Gasteiger partial charge in [-0.25, -0.2) is 0 Å². The lowest BCUT2D eigenvalue weighted by molar-refractivity contribution is -0.132. The molecule has 0 aliphatic carbocycles. The number of hydrogen-bond donors (Lipinski definition) is 0. The Morgan fingerprint density at radius 1 is 1.04 bits per heavy atom. The van der Waals surface area contributed by atoms with E-state index in [9.17, 15) is 10.1 Å². The number of fused-ring (bicyclic) bond motifs is 1. The fourth-order valence-electron chi connectivity index (χ4n) is 2.81. The van der Waals surface area contributed by atoms with Crippen LogP contribution >= 0.6 is 0 Å². The van der Waals surface area contributed by atoms with Crippen LogP contribution in [-0.2, 0) is 4.79 Å². The molecule has 0 radical (unpaired) electrons. The third kappa shape index (κ3) is 3.57. The van der Waals surface area contributed by atoms with E-state index in [4.69, 9.17) is 9.47 Å². The van der Waals surface area contributed by atoms with E-state index < -0.39 is 5.97 Å². The second-order valence-corrected chi connectivity index (χ2v) is 5.70. The number of benzene rings is 3. The minimum atomic E-state index is -0.417. The predicted molar refractivity (Wildman–Crippen MR) is 102 cm³/mol. The van der Waals surface area contributed by atoms with Gasteiger partial charge in [-0.1, -0.05) is 48.5 Å². The third-order valence-corrected chi connectivity index (χ3v) is 3.95. The number of nitrogens with zero attached hydrogens (tertiary/aromatic N) is 1. The summed E-state index contributed by atoms with van der Waals surface area (Å²) in [4.78, 5) is 11.2. The van der Waals surface area contributed by atoms with Crippen LogP contribution in [0.25, 0.3) is 22.4 Å². The van der Waals surface area contributed by atoms with Crippen molar-refractivity contribution < 1.29 is 14.3 Å². The fraction of sp³-hybridized carbons (Fsp3) is 0.0909. The quantitative estimate of drug-likeness (QED) is 0.294. The minimum absolute atomic E-state index is 0.348. The fourth-order valence-corrected chi connectivity index (χ4v) is 2.81. The molecular weight excluding hydrogens is 326 g/mol. The topological polar surface area (TPSA) is 59.3 Å². The third-order valence-electron chi connectivity index (χ3n) is 3.95. The van der Waals surface area contributed by atoms with Gasteiger partial charge in [0.25, 0.3) is 0 Å². The average molecular weight is 343 g/mol. The van der Waals surface area contributed by atoms with E-state index in [0.717, 1.165) is 21.9 Å². The molecular formula is C22H17NO3. The molecule has 0 amide bonds. The Morgan fingerprint density at radius 2 is 1.81 bits per heavy atom. The van der Waals surface area contributed by atoms with E-state index in [1.54, 1.807) is 24.3 Å². The van der Waals surface area contributed by atoms with E-state index >= 15 is 0 Å². The molecule has 3 aromatic carbocycles. The average Bonchev–Trinajstić information content (AvgIpc) is 2.66. The van der Waals surface area contributed by atoms with Crippen molar-refractivity contribution in [3.8, 4) is 17.6 Å². The van der Waals surface area contributed by atoms with Crippen LogP contribution in [0, 0.1) is 11.3 Å². The van der Waals surface area contributed by atoms with E-state index in [1.807, 2.05) is 42.5 Å². The SMILES string of the molecule is COc1cc(/C=C(\C#N)c2cccc3ccccc23)ccc1OC(C)=O. The molecule has 0 aromatic heterocycles. The zero-order valence-corrected chi connectivity index (χ0v) is 14.5. The van der Waals surface area contributed by atoms with Crippen molar-refractivity contribution in [1.29, 1.82) is 5.26 Å². The van der Waals surface area contributed by atoms with Gasteiger partial charge in [-0.3, -0.25) is 4.79 Å². The zero-order chi connectivity index (χ0) is 18.5. The van der Waals surface area contributed by atoms with Gasteiger partial charge in [-0.2, -0.15) is 5.26 Å². The maximum Gasteiger partial charge on any atom is 0.308 e. The van der Waals surface area contributed by atoms with E-state index in [2.05, 4.69) is 6.07 Å². The molecule has 0 N–H and O–H groups in total. The number of rotatable bonds is 4. The first-order valence-electron chi connectivity index (χ1n) is 8.09. The summed E-state index contributed by atoms with van der Waals surface area (Å²) < 4.78 is 10.4. The van der Waals surface area contributed by atoms with E-state index in [0.29, 0.717) is 17.1 Å². The molecule has 3 aromatic rings. The largest absolute Gasteiger partial charge is 0.493 e. The van der Waals surface area contributed by atoms with Gasteiger partial charge in [0.2, 0.25) is 0 Å². The van der Waals surface area contributed by atoms with Crippen molar-refractivity contribution >= 4 is 28.4 Å². The highest BCUT2D eigenvalue weighted by Gasteiger charge is 2.10. The van der Waals surface area contributed by atoms with Gasteiger partial charge in [0.15, 0.2) is 11.5 Å². The number of carbonyl (C=O) groups is 1. The summed E-state index contributed by atoms with van der Waals surface area (Å²) in [5.41, 5.74) is 2.19. The molecule has 0 aliphatic rings. The maximum absolute atomic E-state index is 11.2. The van der Waals surface area contributed by atoms with E-state index in [-0.39, 0.29) is 0 Å². The molecule has 0 bridgehead atoms. The molecule has 0 saturated carbocycles. The highest BCUT2D eigenvalue weighted by Crippen LogP contribution is 2.31. The molecule has 0 saturated heterocycles. The highest BCUT2D eigenvalue weighted by atomic mass is 16.6. The van der Waals surface area contributed by atoms with Crippen molar-refractivity contribution in [2.24, 2.45) is 0 Å². The van der Waals surface area contributed by atoms with Crippen LogP contribution in [0.2, 0.25) is 0 Å². The van der Waals surface area contributed by atoms with Crippen LogP contribution < -0.4 is 9.47 Å². The van der Waals surface area contributed by atoms with Crippen LogP contribution in [0.15, 0.2) is 60.7 Å². The molecule has 4 heteroatoms. The number of nitriles is 1. The summed E-state index contributed by atoms with van der Waals surface area (Å²) in [5, 5.41) is 11.8. The zero-order valence-electron chi connectivity index (χ0n) is 14.5. The van der Waals surface area contributed by atoms with Crippen LogP contribution in [0.5, 0.6) is 11.5 Å². The molecule has 3 rings (SSSR count). The number of ether oxygens (including phenoxy) is 2. The number of methoxy groups -OCH3 is 1. The summed E-state index contributed by atoms with van der Waals surface area (Å²) >= 11 is 0. The maximum atomic E-state index is 11.2. The number of hydrogen-bond acceptors (Lipinski definition) is 4. The Labute approximate surface area is 151 Å². The summed E-state index contributed by atoms with van der Waals surface area (Å²) in [6, 6.07) is 21.3. The van der Waals surface area contributed by atoms with Crippen molar-refractivity contribution in [1.82, 2.24) is 0 Å². The first kappa shape index (κ1) is 17.2. The van der Waals surface area contributed by atoms with Crippen LogP contribution in [-0.4, -0.2) is 13.1 Å². The lowest BCUT2D eigenvalue weighted by atomic mass is 9.97. The smallest absolute Gasteiger partial charge is 0.308 e. The molecule has 128 valence electrons. The van der Waals surface area contributed by atoms with Crippen molar-refractivity contribution in [2.45, 2.75) is 6.92 Å². The standard InChI is InChI=1S/C22H17NO3/c1-15(24)26-21-11-10-16(13-22(21)25-2)12-18(14-23)20-9-5-7-17-6-3-4-8-19(17)20/h3-13H,1-2H3/b18-12+. The lowest BCUT2D eigenvalue weighted by Gasteiger charge is -2.09. The van der Waals surface area contributed by atoms with Crippen molar-refractivity contribution in [3.63, 3.8) is 0 Å². The van der Waals surface area contributed by atoms with Gasteiger partial charge >= 0.3 is 5.97 Å². The van der Waals surface area contributed by atoms with Crippen molar-refractivity contribution in [2.75, 3.05) is 7.11 Å². The first-order chi connectivity index (χ1) is 12.6. The Kier molecular flexibility index (Phi) is 5.00. The number of carbonyl (C=O) groups excluding carboxylic acids is 1. The van der Waals surface area contributed by atoms with E-state index in [1.165, 1.54) is 14.0 Å². The molecule has 0 spiro atoms. The molecule has 26 heavy (non-hydrogen) atoms. The van der Waals surface area contributed by atoms with Gasteiger partial charge in [-0.15, -0.1) is 0 Å². The van der Waals surface area contributed by atoms with Crippen molar-refractivity contribution in [3.05, 3.63) is 71.8 Å². The van der Waals surface area contributed by atoms with Crippen LogP contribution in [0.3, 0.4) is 0 Å². The Balaban J connectivity index is 2.07. The molecule has 0 heterocycles. The van der Waals surface area contributed by atoms with Crippen LogP contribution in [0.4, 0.5) is 0 Å². The summed E-state index contributed by atoms with van der Waals surface area (Å²) in [5.74, 6) is 0.366. The predicted octanol–water partition coefficient (Wildman–Crippen LogP) is 4.84. The monoisotopic (exact) mass is 343 g/mol. The number of esters is 1. The normalized spacial score (nSPS) is 11.0.